The van der Waals surface area contributed by atoms with E-state index in [1.54, 1.807) is 25.4 Å². The van der Waals surface area contributed by atoms with Gasteiger partial charge in [0, 0.05) is 7.05 Å². The van der Waals surface area contributed by atoms with E-state index >= 15 is 0 Å². The number of rotatable bonds is 5. The minimum atomic E-state index is -3.96. The van der Waals surface area contributed by atoms with Crippen LogP contribution in [0.15, 0.2) is 23.3 Å². The van der Waals surface area contributed by atoms with Crippen molar-refractivity contribution in [2.45, 2.75) is 0 Å². The molecule has 104 valence electrons. The van der Waals surface area contributed by atoms with E-state index in [1.165, 1.54) is 5.01 Å². The molecule has 0 radical (unpaired) electrons. The summed E-state index contributed by atoms with van der Waals surface area (Å²) >= 11 is 0. The van der Waals surface area contributed by atoms with Crippen molar-refractivity contribution >= 4 is 16.3 Å². The van der Waals surface area contributed by atoms with E-state index in [2.05, 4.69) is 5.10 Å². The number of hydrogen-bond acceptors (Lipinski definition) is 6. The molecule has 0 amide bonds. The number of ether oxygens (including phenoxy) is 2. The van der Waals surface area contributed by atoms with Crippen LogP contribution in [-0.2, 0) is 10.1 Å². The first kappa shape index (κ1) is 13.6. The Bertz CT molecular complexity index is 585. The molecule has 0 saturated heterocycles. The van der Waals surface area contributed by atoms with Crippen LogP contribution in [0.2, 0.25) is 0 Å². The Hall–Kier alpha value is -1.80. The summed E-state index contributed by atoms with van der Waals surface area (Å²) in [5.41, 5.74) is 0.808. The Kier molecular flexibility index (Phi) is 3.91. The summed E-state index contributed by atoms with van der Waals surface area (Å²) in [4.78, 5) is 0. The zero-order valence-corrected chi connectivity index (χ0v) is 11.1. The van der Waals surface area contributed by atoms with E-state index in [9.17, 15) is 8.42 Å². The van der Waals surface area contributed by atoms with E-state index in [4.69, 9.17) is 14.0 Å². The van der Waals surface area contributed by atoms with E-state index < -0.39 is 10.1 Å². The van der Waals surface area contributed by atoms with Crippen molar-refractivity contribution in [1.29, 1.82) is 0 Å². The lowest BCUT2D eigenvalue weighted by molar-refractivity contribution is 0.174. The smallest absolute Gasteiger partial charge is 0.266 e. The first-order chi connectivity index (χ1) is 8.94. The van der Waals surface area contributed by atoms with Crippen LogP contribution < -0.4 is 9.47 Å². The lowest BCUT2D eigenvalue weighted by Crippen LogP contribution is -2.21. The van der Waals surface area contributed by atoms with Crippen molar-refractivity contribution in [3.05, 3.63) is 23.8 Å². The maximum absolute atomic E-state index is 10.6. The molecular formula is C11H14N2O5S. The molecule has 19 heavy (non-hydrogen) atoms. The summed E-state index contributed by atoms with van der Waals surface area (Å²) in [7, 11) is -2.34. The summed E-state index contributed by atoms with van der Waals surface area (Å²) in [5.74, 6) is 0.989. The van der Waals surface area contributed by atoms with E-state index in [-0.39, 0.29) is 19.1 Å². The standard InChI is InChI=1S/C11H14N2O5S/c1-13(4-5-19(14,15)16)12-7-9-2-3-10-11(6-9)18-8-17-10/h2-3,6-7H,4-5,8H2,1H3,(H,14,15,16). The second-order valence-electron chi connectivity index (χ2n) is 4.02. The molecule has 0 bridgehead atoms. The molecule has 0 saturated carbocycles. The Morgan fingerprint density at radius 3 is 2.89 bits per heavy atom. The van der Waals surface area contributed by atoms with Crippen molar-refractivity contribution < 1.29 is 22.4 Å². The van der Waals surface area contributed by atoms with Crippen molar-refractivity contribution in [2.24, 2.45) is 5.10 Å². The molecule has 0 aliphatic carbocycles. The van der Waals surface area contributed by atoms with Crippen molar-refractivity contribution in [3.8, 4) is 11.5 Å². The Balaban J connectivity index is 1.95. The Morgan fingerprint density at radius 1 is 1.42 bits per heavy atom. The Labute approximate surface area is 111 Å². The number of hydrogen-bond donors (Lipinski definition) is 1. The molecule has 1 heterocycles. The predicted octanol–water partition coefficient (Wildman–Crippen LogP) is 0.569. The molecule has 1 aromatic rings. The minimum Gasteiger partial charge on any atom is -0.454 e. The van der Waals surface area contributed by atoms with Crippen LogP contribution in [0, 0.1) is 0 Å². The molecule has 1 aliphatic rings. The van der Waals surface area contributed by atoms with Gasteiger partial charge in [0.05, 0.1) is 18.5 Å². The zero-order chi connectivity index (χ0) is 13.9. The van der Waals surface area contributed by atoms with Gasteiger partial charge in [-0.05, 0) is 23.8 Å². The molecule has 7 nitrogen and oxygen atoms in total. The van der Waals surface area contributed by atoms with Gasteiger partial charge in [-0.3, -0.25) is 9.56 Å². The lowest BCUT2D eigenvalue weighted by Gasteiger charge is -2.10. The van der Waals surface area contributed by atoms with Crippen LogP contribution in [0.3, 0.4) is 0 Å². The van der Waals surface area contributed by atoms with Gasteiger partial charge in [0.1, 0.15) is 0 Å². The van der Waals surface area contributed by atoms with Gasteiger partial charge >= 0.3 is 0 Å². The highest BCUT2D eigenvalue weighted by Gasteiger charge is 2.12. The molecule has 0 unspecified atom stereocenters. The number of fused-ring (bicyclic) bond motifs is 1. The monoisotopic (exact) mass is 286 g/mol. The van der Waals surface area contributed by atoms with Gasteiger partial charge in [-0.1, -0.05) is 0 Å². The molecule has 8 heteroatoms. The molecule has 0 fully saturated rings. The van der Waals surface area contributed by atoms with Gasteiger partial charge in [0.2, 0.25) is 6.79 Å². The van der Waals surface area contributed by atoms with Crippen LogP contribution >= 0.6 is 0 Å². The summed E-state index contributed by atoms with van der Waals surface area (Å²) in [5, 5.41) is 5.49. The molecule has 0 aromatic heterocycles. The first-order valence-electron chi connectivity index (χ1n) is 5.54. The van der Waals surface area contributed by atoms with Crippen LogP contribution in [0.1, 0.15) is 5.56 Å². The minimum absolute atomic E-state index is 0.111. The zero-order valence-electron chi connectivity index (χ0n) is 10.3. The maximum Gasteiger partial charge on any atom is 0.266 e. The second kappa shape index (κ2) is 5.45. The van der Waals surface area contributed by atoms with Crippen LogP contribution in [0.5, 0.6) is 11.5 Å². The first-order valence-corrected chi connectivity index (χ1v) is 7.15. The largest absolute Gasteiger partial charge is 0.454 e. The second-order valence-corrected chi connectivity index (χ2v) is 5.60. The molecule has 2 rings (SSSR count). The van der Waals surface area contributed by atoms with Crippen LogP contribution in [0.25, 0.3) is 0 Å². The number of benzene rings is 1. The number of nitrogens with zero attached hydrogens (tertiary/aromatic N) is 2. The summed E-state index contributed by atoms with van der Waals surface area (Å²) in [6.45, 7) is 0.323. The van der Waals surface area contributed by atoms with Gasteiger partial charge in [0.15, 0.2) is 11.5 Å². The highest BCUT2D eigenvalue weighted by Crippen LogP contribution is 2.31. The third-order valence-electron chi connectivity index (χ3n) is 2.47. The van der Waals surface area contributed by atoms with Crippen molar-refractivity contribution in [2.75, 3.05) is 26.1 Å². The van der Waals surface area contributed by atoms with Gasteiger partial charge in [-0.25, -0.2) is 0 Å². The quantitative estimate of drug-likeness (QED) is 0.483. The van der Waals surface area contributed by atoms with E-state index in [1.807, 2.05) is 6.07 Å². The third kappa shape index (κ3) is 4.11. The van der Waals surface area contributed by atoms with Gasteiger partial charge in [0.25, 0.3) is 10.1 Å². The van der Waals surface area contributed by atoms with Crippen LogP contribution in [0.4, 0.5) is 0 Å². The fraction of sp³-hybridized carbons (Fsp3) is 0.364. The maximum atomic E-state index is 10.6. The van der Waals surface area contributed by atoms with E-state index in [0.29, 0.717) is 11.5 Å². The third-order valence-corrected chi connectivity index (χ3v) is 3.17. The molecule has 1 N–H and O–H groups in total. The Morgan fingerprint density at radius 2 is 2.16 bits per heavy atom. The van der Waals surface area contributed by atoms with Crippen molar-refractivity contribution in [1.82, 2.24) is 5.01 Å². The molecule has 0 spiro atoms. The normalized spacial score (nSPS) is 14.0. The van der Waals surface area contributed by atoms with Gasteiger partial charge in [-0.15, -0.1) is 0 Å². The van der Waals surface area contributed by atoms with Gasteiger partial charge in [-0.2, -0.15) is 13.5 Å². The van der Waals surface area contributed by atoms with Crippen LogP contribution in [-0.4, -0.2) is 50.3 Å². The highest BCUT2D eigenvalue weighted by molar-refractivity contribution is 7.85. The fourth-order valence-corrected chi connectivity index (χ4v) is 1.96. The average molecular weight is 286 g/mol. The molecular weight excluding hydrogens is 272 g/mol. The number of hydrazone groups is 1. The topological polar surface area (TPSA) is 88.4 Å². The fourth-order valence-electron chi connectivity index (χ4n) is 1.46. The van der Waals surface area contributed by atoms with E-state index in [0.717, 1.165) is 5.56 Å². The summed E-state index contributed by atoms with van der Waals surface area (Å²) in [6.07, 6.45) is 1.58. The average Bonchev–Trinajstić information content (AvgIpc) is 2.80. The predicted molar refractivity (Wildman–Crippen MR) is 69.2 cm³/mol. The summed E-state index contributed by atoms with van der Waals surface area (Å²) in [6, 6.07) is 5.37. The molecule has 1 aromatic carbocycles. The highest BCUT2D eigenvalue weighted by atomic mass is 32.2. The SMILES string of the molecule is CN(CCS(=O)(=O)O)N=Cc1ccc2c(c1)OCO2. The van der Waals surface area contributed by atoms with Crippen molar-refractivity contribution in [3.63, 3.8) is 0 Å². The van der Waals surface area contributed by atoms with Gasteiger partial charge < -0.3 is 9.47 Å². The lowest BCUT2D eigenvalue weighted by atomic mass is 10.2. The molecule has 1 aliphatic heterocycles. The summed E-state index contributed by atoms with van der Waals surface area (Å²) < 4.78 is 40.2. The molecule has 0 atom stereocenters.